The maximum Gasteiger partial charge on any atom is 0.390 e. The maximum absolute atomic E-state index is 12.2. The molecule has 1 rings (SSSR count). The first-order valence-electron chi connectivity index (χ1n) is 8.06. The fourth-order valence-corrected chi connectivity index (χ4v) is 1.98. The largest absolute Gasteiger partial charge is 0.491 e. The van der Waals surface area contributed by atoms with Crippen LogP contribution >= 0.6 is 24.0 Å². The number of aliphatic imine (C=N–C) groups is 1. The number of nitrogens with one attached hydrogen (secondary N) is 2. The second-order valence-corrected chi connectivity index (χ2v) is 5.76. The Morgan fingerprint density at radius 3 is 2.48 bits per heavy atom. The van der Waals surface area contributed by atoms with Crippen molar-refractivity contribution in [3.63, 3.8) is 0 Å². The Bertz CT molecular complexity index is 548. The summed E-state index contributed by atoms with van der Waals surface area (Å²) in [7, 11) is 0. The molecule has 0 bridgehead atoms. The number of guanidine groups is 1. The number of hydrogen-bond acceptors (Lipinski definition) is 2. The molecule has 0 saturated heterocycles. The lowest BCUT2D eigenvalue weighted by Crippen LogP contribution is -2.38. The molecule has 1 aromatic carbocycles. The fraction of sp³-hybridized carbons (Fsp3) is 0.588. The fourth-order valence-electron chi connectivity index (χ4n) is 1.98. The van der Waals surface area contributed by atoms with Gasteiger partial charge in [0.05, 0.1) is 19.1 Å². The van der Waals surface area contributed by atoms with Gasteiger partial charge in [-0.15, -0.1) is 24.0 Å². The van der Waals surface area contributed by atoms with E-state index < -0.39 is 12.6 Å². The second kappa shape index (κ2) is 11.4. The summed E-state index contributed by atoms with van der Waals surface area (Å²) in [5, 5.41) is 5.64. The van der Waals surface area contributed by atoms with E-state index in [-0.39, 0.29) is 36.6 Å². The molecule has 0 amide bonds. The normalized spacial score (nSPS) is 11.9. The van der Waals surface area contributed by atoms with Crippen molar-refractivity contribution < 1.29 is 17.9 Å². The van der Waals surface area contributed by atoms with E-state index in [1.54, 1.807) is 0 Å². The van der Waals surface area contributed by atoms with Crippen LogP contribution in [0.3, 0.4) is 0 Å². The van der Waals surface area contributed by atoms with E-state index in [0.29, 0.717) is 19.0 Å². The SMILES string of the molecule is CCNC(=NCc1ccc(C)cc1OC(C)C)NCCC(F)(F)F.I. The van der Waals surface area contributed by atoms with Gasteiger partial charge in [0.1, 0.15) is 5.75 Å². The van der Waals surface area contributed by atoms with Crippen molar-refractivity contribution in [3.05, 3.63) is 29.3 Å². The van der Waals surface area contributed by atoms with Crippen molar-refractivity contribution in [2.24, 2.45) is 4.99 Å². The quantitative estimate of drug-likeness (QED) is 0.351. The van der Waals surface area contributed by atoms with Crippen LogP contribution in [0, 0.1) is 6.92 Å². The molecule has 0 unspecified atom stereocenters. The number of rotatable bonds is 7. The summed E-state index contributed by atoms with van der Waals surface area (Å²) >= 11 is 0. The van der Waals surface area contributed by atoms with Crippen LogP contribution in [-0.2, 0) is 6.54 Å². The zero-order valence-electron chi connectivity index (χ0n) is 15.0. The minimum Gasteiger partial charge on any atom is -0.491 e. The molecule has 2 N–H and O–H groups in total. The molecule has 0 aliphatic rings. The first-order chi connectivity index (χ1) is 11.2. The van der Waals surface area contributed by atoms with Crippen LogP contribution in [0.5, 0.6) is 5.75 Å². The smallest absolute Gasteiger partial charge is 0.390 e. The lowest BCUT2D eigenvalue weighted by Gasteiger charge is -2.15. The average molecular weight is 473 g/mol. The average Bonchev–Trinajstić information content (AvgIpc) is 2.44. The van der Waals surface area contributed by atoms with Crippen LogP contribution < -0.4 is 15.4 Å². The number of ether oxygens (including phenoxy) is 1. The molecule has 0 aliphatic carbocycles. The van der Waals surface area contributed by atoms with E-state index in [0.717, 1.165) is 16.9 Å². The van der Waals surface area contributed by atoms with Crippen LogP contribution in [0.25, 0.3) is 0 Å². The van der Waals surface area contributed by atoms with Gasteiger partial charge in [0.15, 0.2) is 5.96 Å². The van der Waals surface area contributed by atoms with Gasteiger partial charge in [-0.1, -0.05) is 12.1 Å². The number of hydrogen-bond donors (Lipinski definition) is 2. The summed E-state index contributed by atoms with van der Waals surface area (Å²) in [6.07, 6.45) is -5.05. The predicted octanol–water partition coefficient (Wildman–Crippen LogP) is 4.41. The highest BCUT2D eigenvalue weighted by Gasteiger charge is 2.26. The zero-order chi connectivity index (χ0) is 18.2. The molecule has 0 radical (unpaired) electrons. The van der Waals surface area contributed by atoms with Gasteiger partial charge in [0, 0.05) is 18.7 Å². The maximum atomic E-state index is 12.2. The standard InChI is InChI=1S/C17H26F3N3O.HI/c1-5-21-16(22-9-8-17(18,19)20)23-11-14-7-6-13(4)10-15(14)24-12(2)3;/h6-7,10,12H,5,8-9,11H2,1-4H3,(H2,21,22,23);1H. The van der Waals surface area contributed by atoms with Crippen molar-refractivity contribution in [1.29, 1.82) is 0 Å². The number of alkyl halides is 3. The molecule has 0 atom stereocenters. The Balaban J connectivity index is 0.00000576. The van der Waals surface area contributed by atoms with Gasteiger partial charge in [0.2, 0.25) is 0 Å². The first-order valence-corrected chi connectivity index (χ1v) is 8.06. The third kappa shape index (κ3) is 10.4. The minimum absolute atomic E-state index is 0. The zero-order valence-corrected chi connectivity index (χ0v) is 17.4. The van der Waals surface area contributed by atoms with E-state index >= 15 is 0 Å². The van der Waals surface area contributed by atoms with Crippen LogP contribution in [0.15, 0.2) is 23.2 Å². The van der Waals surface area contributed by atoms with Crippen molar-refractivity contribution in [3.8, 4) is 5.75 Å². The molecule has 0 heterocycles. The third-order valence-corrected chi connectivity index (χ3v) is 3.04. The number of benzene rings is 1. The van der Waals surface area contributed by atoms with E-state index in [1.165, 1.54) is 0 Å². The molecule has 1 aromatic rings. The molecule has 0 aliphatic heterocycles. The molecule has 0 saturated carbocycles. The summed E-state index contributed by atoms with van der Waals surface area (Å²) in [4.78, 5) is 4.35. The van der Waals surface area contributed by atoms with Gasteiger partial charge in [-0.3, -0.25) is 0 Å². The van der Waals surface area contributed by atoms with Crippen LogP contribution in [0.1, 0.15) is 38.3 Å². The minimum atomic E-state index is -4.18. The Hall–Kier alpha value is -1.19. The lowest BCUT2D eigenvalue weighted by atomic mass is 10.1. The number of aryl methyl sites for hydroxylation is 1. The molecule has 8 heteroatoms. The van der Waals surface area contributed by atoms with E-state index in [9.17, 15) is 13.2 Å². The Labute approximate surface area is 164 Å². The summed E-state index contributed by atoms with van der Waals surface area (Å²) in [5.41, 5.74) is 1.97. The first kappa shape index (κ1) is 23.8. The molecular formula is C17H27F3IN3O. The van der Waals surface area contributed by atoms with Crippen molar-refractivity contribution >= 4 is 29.9 Å². The lowest BCUT2D eigenvalue weighted by molar-refractivity contribution is -0.132. The molecule has 4 nitrogen and oxygen atoms in total. The highest BCUT2D eigenvalue weighted by molar-refractivity contribution is 14.0. The van der Waals surface area contributed by atoms with Crippen LogP contribution in [0.4, 0.5) is 13.2 Å². The predicted molar refractivity (Wildman–Crippen MR) is 106 cm³/mol. The number of halogens is 4. The summed E-state index contributed by atoms with van der Waals surface area (Å²) < 4.78 is 42.5. The summed E-state index contributed by atoms with van der Waals surface area (Å²) in [5.74, 6) is 1.11. The highest BCUT2D eigenvalue weighted by atomic mass is 127. The molecular weight excluding hydrogens is 446 g/mol. The highest BCUT2D eigenvalue weighted by Crippen LogP contribution is 2.22. The molecule has 0 aromatic heterocycles. The van der Waals surface area contributed by atoms with Crippen molar-refractivity contribution in [2.75, 3.05) is 13.1 Å². The van der Waals surface area contributed by atoms with Crippen molar-refractivity contribution in [2.45, 2.75) is 52.9 Å². The summed E-state index contributed by atoms with van der Waals surface area (Å²) in [6, 6.07) is 5.83. The topological polar surface area (TPSA) is 45.7 Å². The van der Waals surface area contributed by atoms with E-state index in [1.807, 2.05) is 45.9 Å². The molecule has 144 valence electrons. The van der Waals surface area contributed by atoms with Gasteiger partial charge in [-0.25, -0.2) is 4.99 Å². The molecule has 25 heavy (non-hydrogen) atoms. The van der Waals surface area contributed by atoms with E-state index in [4.69, 9.17) is 4.74 Å². The summed E-state index contributed by atoms with van der Waals surface area (Å²) in [6.45, 7) is 8.41. The molecule has 0 fully saturated rings. The van der Waals surface area contributed by atoms with Crippen LogP contribution in [-0.4, -0.2) is 31.3 Å². The second-order valence-electron chi connectivity index (χ2n) is 5.76. The van der Waals surface area contributed by atoms with Gasteiger partial charge in [-0.2, -0.15) is 13.2 Å². The van der Waals surface area contributed by atoms with Crippen molar-refractivity contribution in [1.82, 2.24) is 10.6 Å². The molecule has 0 spiro atoms. The van der Waals surface area contributed by atoms with Gasteiger partial charge in [0.25, 0.3) is 0 Å². The number of nitrogens with zero attached hydrogens (tertiary/aromatic N) is 1. The Morgan fingerprint density at radius 2 is 1.92 bits per heavy atom. The van der Waals surface area contributed by atoms with Gasteiger partial charge < -0.3 is 15.4 Å². The Morgan fingerprint density at radius 1 is 1.24 bits per heavy atom. The van der Waals surface area contributed by atoms with E-state index in [2.05, 4.69) is 15.6 Å². The third-order valence-electron chi connectivity index (χ3n) is 3.04. The van der Waals surface area contributed by atoms with Gasteiger partial charge in [-0.05, 0) is 39.3 Å². The van der Waals surface area contributed by atoms with Gasteiger partial charge >= 0.3 is 6.18 Å². The van der Waals surface area contributed by atoms with Crippen LogP contribution in [0.2, 0.25) is 0 Å². The monoisotopic (exact) mass is 473 g/mol. The Kier molecular flexibility index (Phi) is 10.9.